The molecule has 0 aliphatic rings. The normalized spacial score (nSPS) is 11.5. The molecule has 6 heteroatoms. The van der Waals surface area contributed by atoms with Crippen LogP contribution >= 0.6 is 0 Å². The number of aromatic nitrogens is 2. The van der Waals surface area contributed by atoms with Crippen molar-refractivity contribution in [3.63, 3.8) is 0 Å². The maximum absolute atomic E-state index is 13.0. The van der Waals surface area contributed by atoms with Gasteiger partial charge in [0.15, 0.2) is 0 Å². The standard InChI is InChI=1S/C16H13FN2O2S/c1-12-2-8-15(9-3-12)22(20,21)19-11-18-10-16(19)13-4-6-14(17)7-5-13/h2-11H,1H3. The highest BCUT2D eigenvalue weighted by Crippen LogP contribution is 2.24. The van der Waals surface area contributed by atoms with Gasteiger partial charge in [-0.2, -0.15) is 0 Å². The van der Waals surface area contributed by atoms with Gasteiger partial charge in [-0.15, -0.1) is 0 Å². The molecule has 0 aliphatic heterocycles. The van der Waals surface area contributed by atoms with Gasteiger partial charge < -0.3 is 0 Å². The highest BCUT2D eigenvalue weighted by Gasteiger charge is 2.20. The number of aryl methyl sites for hydroxylation is 1. The smallest absolute Gasteiger partial charge is 0.243 e. The zero-order chi connectivity index (χ0) is 15.7. The minimum Gasteiger partial charge on any atom is -0.243 e. The van der Waals surface area contributed by atoms with E-state index in [-0.39, 0.29) is 10.7 Å². The van der Waals surface area contributed by atoms with Crippen molar-refractivity contribution in [1.29, 1.82) is 0 Å². The molecule has 0 bridgehead atoms. The van der Waals surface area contributed by atoms with E-state index in [2.05, 4.69) is 4.98 Å². The third-order valence-electron chi connectivity index (χ3n) is 3.32. The van der Waals surface area contributed by atoms with Crippen molar-refractivity contribution in [2.75, 3.05) is 0 Å². The van der Waals surface area contributed by atoms with Crippen molar-refractivity contribution in [3.8, 4) is 11.3 Å². The largest absolute Gasteiger partial charge is 0.269 e. The van der Waals surface area contributed by atoms with Crippen molar-refractivity contribution in [3.05, 3.63) is 72.4 Å². The van der Waals surface area contributed by atoms with Gasteiger partial charge in [0, 0.05) is 5.56 Å². The lowest BCUT2D eigenvalue weighted by molar-refractivity contribution is 0.587. The SMILES string of the molecule is Cc1ccc(S(=O)(=O)n2cncc2-c2ccc(F)cc2)cc1. The first-order valence-electron chi connectivity index (χ1n) is 6.59. The van der Waals surface area contributed by atoms with Crippen LogP contribution in [0, 0.1) is 12.7 Å². The second-order valence-corrected chi connectivity index (χ2v) is 6.71. The van der Waals surface area contributed by atoms with Crippen LogP contribution in [0.5, 0.6) is 0 Å². The summed E-state index contributed by atoms with van der Waals surface area (Å²) >= 11 is 0. The Labute approximate surface area is 127 Å². The minimum atomic E-state index is -3.74. The fourth-order valence-corrected chi connectivity index (χ4v) is 3.42. The maximum atomic E-state index is 13.0. The Balaban J connectivity index is 2.11. The van der Waals surface area contributed by atoms with Gasteiger partial charge >= 0.3 is 0 Å². The van der Waals surface area contributed by atoms with Gasteiger partial charge in [-0.25, -0.2) is 21.8 Å². The van der Waals surface area contributed by atoms with Crippen LogP contribution in [0.3, 0.4) is 0 Å². The molecule has 0 spiro atoms. The van der Waals surface area contributed by atoms with Crippen molar-refractivity contribution < 1.29 is 12.8 Å². The fraction of sp³-hybridized carbons (Fsp3) is 0.0625. The van der Waals surface area contributed by atoms with Gasteiger partial charge in [0.1, 0.15) is 12.1 Å². The van der Waals surface area contributed by atoms with E-state index in [1.54, 1.807) is 24.3 Å². The first-order chi connectivity index (χ1) is 10.5. The summed E-state index contributed by atoms with van der Waals surface area (Å²) in [6, 6.07) is 12.2. The molecular weight excluding hydrogens is 303 g/mol. The minimum absolute atomic E-state index is 0.180. The van der Waals surface area contributed by atoms with Crippen LogP contribution in [-0.2, 0) is 10.0 Å². The lowest BCUT2D eigenvalue weighted by atomic mass is 10.2. The molecule has 0 unspecified atom stereocenters. The zero-order valence-corrected chi connectivity index (χ0v) is 12.6. The topological polar surface area (TPSA) is 52.0 Å². The van der Waals surface area contributed by atoms with Crippen LogP contribution in [0.15, 0.2) is 66.0 Å². The molecule has 1 heterocycles. The van der Waals surface area contributed by atoms with Crippen LogP contribution in [0.2, 0.25) is 0 Å². The summed E-state index contributed by atoms with van der Waals surface area (Å²) < 4.78 is 39.6. The molecule has 2 aromatic carbocycles. The van der Waals surface area contributed by atoms with Crippen molar-refractivity contribution in [1.82, 2.24) is 8.96 Å². The van der Waals surface area contributed by atoms with E-state index in [1.165, 1.54) is 36.8 Å². The molecule has 0 atom stereocenters. The lowest BCUT2D eigenvalue weighted by Crippen LogP contribution is -2.13. The summed E-state index contributed by atoms with van der Waals surface area (Å²) in [5.74, 6) is -0.379. The predicted octanol–water partition coefficient (Wildman–Crippen LogP) is 3.23. The van der Waals surface area contributed by atoms with E-state index in [4.69, 9.17) is 0 Å². The van der Waals surface area contributed by atoms with Crippen LogP contribution in [0.4, 0.5) is 4.39 Å². The summed E-state index contributed by atoms with van der Waals surface area (Å²) in [6.07, 6.45) is 2.69. The van der Waals surface area contributed by atoms with E-state index in [1.807, 2.05) is 6.92 Å². The number of hydrogen-bond acceptors (Lipinski definition) is 3. The highest BCUT2D eigenvalue weighted by atomic mass is 32.2. The third-order valence-corrected chi connectivity index (χ3v) is 5.00. The Kier molecular flexibility index (Phi) is 3.54. The molecule has 3 rings (SSSR count). The van der Waals surface area contributed by atoms with Crippen molar-refractivity contribution in [2.45, 2.75) is 11.8 Å². The summed E-state index contributed by atoms with van der Waals surface area (Å²) in [5.41, 5.74) is 1.94. The molecule has 0 fully saturated rings. The van der Waals surface area contributed by atoms with Gasteiger partial charge in [-0.1, -0.05) is 17.7 Å². The van der Waals surface area contributed by atoms with Crippen molar-refractivity contribution in [2.24, 2.45) is 0 Å². The molecule has 22 heavy (non-hydrogen) atoms. The molecule has 0 aliphatic carbocycles. The average molecular weight is 316 g/mol. The van der Waals surface area contributed by atoms with Gasteiger partial charge in [0.25, 0.3) is 10.0 Å². The number of halogens is 1. The Bertz CT molecular complexity index is 898. The highest BCUT2D eigenvalue weighted by molar-refractivity contribution is 7.90. The third kappa shape index (κ3) is 2.53. The van der Waals surface area contributed by atoms with Crippen LogP contribution < -0.4 is 0 Å². The molecule has 1 aromatic heterocycles. The quantitative estimate of drug-likeness (QED) is 0.745. The zero-order valence-electron chi connectivity index (χ0n) is 11.8. The summed E-state index contributed by atoms with van der Waals surface area (Å²) in [5, 5.41) is 0. The second-order valence-electron chi connectivity index (χ2n) is 4.90. The number of hydrogen-bond donors (Lipinski definition) is 0. The van der Waals surface area contributed by atoms with Crippen LogP contribution in [0.1, 0.15) is 5.56 Å². The van der Waals surface area contributed by atoms with E-state index in [0.29, 0.717) is 11.3 Å². The lowest BCUT2D eigenvalue weighted by Gasteiger charge is -2.10. The molecule has 0 amide bonds. The van der Waals surface area contributed by atoms with E-state index in [0.717, 1.165) is 9.54 Å². The molecule has 0 radical (unpaired) electrons. The monoisotopic (exact) mass is 316 g/mol. The number of nitrogens with zero attached hydrogens (tertiary/aromatic N) is 2. The number of benzene rings is 2. The van der Waals surface area contributed by atoms with E-state index >= 15 is 0 Å². The van der Waals surface area contributed by atoms with Gasteiger partial charge in [-0.3, -0.25) is 0 Å². The van der Waals surface area contributed by atoms with Gasteiger partial charge in [0.05, 0.1) is 16.8 Å². The molecule has 3 aromatic rings. The number of imidazole rings is 1. The van der Waals surface area contributed by atoms with Gasteiger partial charge in [-0.05, 0) is 43.3 Å². The fourth-order valence-electron chi connectivity index (χ4n) is 2.12. The summed E-state index contributed by atoms with van der Waals surface area (Å²) in [6.45, 7) is 1.89. The summed E-state index contributed by atoms with van der Waals surface area (Å²) in [7, 11) is -3.74. The molecule has 0 saturated carbocycles. The number of rotatable bonds is 3. The molecule has 112 valence electrons. The summed E-state index contributed by atoms with van der Waals surface area (Å²) in [4.78, 5) is 4.10. The predicted molar refractivity (Wildman–Crippen MR) is 81.4 cm³/mol. The Hall–Kier alpha value is -2.47. The Morgan fingerprint density at radius 1 is 1.00 bits per heavy atom. The van der Waals surface area contributed by atoms with Crippen LogP contribution in [0.25, 0.3) is 11.3 Å². The van der Waals surface area contributed by atoms with Crippen molar-refractivity contribution >= 4 is 10.0 Å². The van der Waals surface area contributed by atoms with Crippen LogP contribution in [-0.4, -0.2) is 17.4 Å². The van der Waals surface area contributed by atoms with E-state index in [9.17, 15) is 12.8 Å². The van der Waals surface area contributed by atoms with E-state index < -0.39 is 10.0 Å². The molecule has 0 saturated heterocycles. The maximum Gasteiger partial charge on any atom is 0.269 e. The first-order valence-corrected chi connectivity index (χ1v) is 8.03. The Morgan fingerprint density at radius 3 is 2.27 bits per heavy atom. The van der Waals surface area contributed by atoms with Gasteiger partial charge in [0.2, 0.25) is 0 Å². The molecule has 4 nitrogen and oxygen atoms in total. The first kappa shape index (κ1) is 14.5. The second kappa shape index (κ2) is 5.38. The Morgan fingerprint density at radius 2 is 1.64 bits per heavy atom. The molecule has 0 N–H and O–H groups in total. The molecular formula is C16H13FN2O2S. The average Bonchev–Trinajstić information content (AvgIpc) is 2.99.